The standard InChI is InChI=1S/C19H21N7O2/c1-22-8-9-24(19(22)28)15-11-20-26(13-15)14-5-7-23(12-14)17-10-18(27)25-6-3-2-4-16(25)21-17/h2-4,6,10-11,13-14H,5,7-9,12H2,1H3. The molecule has 0 radical (unpaired) electrons. The van der Waals surface area contributed by atoms with E-state index in [1.807, 2.05) is 29.1 Å². The summed E-state index contributed by atoms with van der Waals surface area (Å²) in [6.45, 7) is 2.94. The number of amides is 2. The van der Waals surface area contributed by atoms with Crippen LogP contribution in [0.3, 0.4) is 0 Å². The molecular weight excluding hydrogens is 358 g/mol. The predicted octanol–water partition coefficient (Wildman–Crippen LogP) is 1.21. The molecule has 2 saturated heterocycles. The Hall–Kier alpha value is -3.36. The SMILES string of the molecule is CN1CCN(c2cnn(C3CCN(c4cc(=O)n5ccccc5n4)C3)c2)C1=O. The molecule has 3 aromatic heterocycles. The third kappa shape index (κ3) is 2.70. The van der Waals surface area contributed by atoms with Gasteiger partial charge in [-0.2, -0.15) is 5.10 Å². The summed E-state index contributed by atoms with van der Waals surface area (Å²) in [4.78, 5) is 34.7. The number of fused-ring (bicyclic) bond motifs is 1. The summed E-state index contributed by atoms with van der Waals surface area (Å²) in [5.74, 6) is 0.697. The number of rotatable bonds is 3. The highest BCUT2D eigenvalue weighted by Crippen LogP contribution is 2.27. The molecule has 3 aromatic rings. The Balaban J connectivity index is 1.35. The molecule has 1 unspecified atom stereocenters. The lowest BCUT2D eigenvalue weighted by molar-refractivity contribution is 0.229. The lowest BCUT2D eigenvalue weighted by Gasteiger charge is -2.18. The van der Waals surface area contributed by atoms with Gasteiger partial charge in [0.2, 0.25) is 0 Å². The maximum atomic E-state index is 12.4. The van der Waals surface area contributed by atoms with Crippen LogP contribution in [-0.2, 0) is 0 Å². The number of aromatic nitrogens is 4. The summed E-state index contributed by atoms with van der Waals surface area (Å²) in [6.07, 6.45) is 6.32. The first kappa shape index (κ1) is 16.8. The van der Waals surface area contributed by atoms with Gasteiger partial charge in [-0.25, -0.2) is 9.78 Å². The Morgan fingerprint density at radius 1 is 1.14 bits per heavy atom. The fourth-order valence-electron chi connectivity index (χ4n) is 3.92. The molecule has 5 heterocycles. The second-order valence-corrected chi connectivity index (χ2v) is 7.30. The average Bonchev–Trinajstić information content (AvgIpc) is 3.43. The van der Waals surface area contributed by atoms with Crippen LogP contribution in [0.5, 0.6) is 0 Å². The van der Waals surface area contributed by atoms with Crippen molar-refractivity contribution in [3.05, 3.63) is 53.2 Å². The molecular formula is C19H21N7O2. The first-order valence-corrected chi connectivity index (χ1v) is 9.40. The first-order valence-electron chi connectivity index (χ1n) is 9.40. The van der Waals surface area contributed by atoms with Gasteiger partial charge in [0.15, 0.2) is 0 Å². The van der Waals surface area contributed by atoms with Crippen molar-refractivity contribution >= 4 is 23.2 Å². The van der Waals surface area contributed by atoms with Gasteiger partial charge in [0, 0.05) is 51.7 Å². The molecule has 2 aliphatic heterocycles. The summed E-state index contributed by atoms with van der Waals surface area (Å²) in [7, 11) is 1.81. The molecule has 5 rings (SSSR count). The van der Waals surface area contributed by atoms with Crippen molar-refractivity contribution in [3.8, 4) is 0 Å². The van der Waals surface area contributed by atoms with Crippen LogP contribution in [0.15, 0.2) is 47.7 Å². The maximum Gasteiger partial charge on any atom is 0.324 e. The zero-order valence-corrected chi connectivity index (χ0v) is 15.6. The molecule has 0 aromatic carbocycles. The summed E-state index contributed by atoms with van der Waals surface area (Å²) < 4.78 is 3.47. The largest absolute Gasteiger partial charge is 0.354 e. The number of hydrogen-bond donors (Lipinski definition) is 0. The molecule has 9 heteroatoms. The van der Waals surface area contributed by atoms with E-state index in [4.69, 9.17) is 0 Å². The van der Waals surface area contributed by atoms with Gasteiger partial charge in [-0.1, -0.05) is 6.07 Å². The van der Waals surface area contributed by atoms with E-state index in [-0.39, 0.29) is 17.6 Å². The maximum absolute atomic E-state index is 12.4. The van der Waals surface area contributed by atoms with Gasteiger partial charge >= 0.3 is 6.03 Å². The van der Waals surface area contributed by atoms with E-state index in [9.17, 15) is 9.59 Å². The van der Waals surface area contributed by atoms with Gasteiger partial charge in [-0.15, -0.1) is 0 Å². The van der Waals surface area contributed by atoms with Gasteiger partial charge in [0.25, 0.3) is 5.56 Å². The lowest BCUT2D eigenvalue weighted by atomic mass is 10.3. The van der Waals surface area contributed by atoms with Gasteiger partial charge in [0.1, 0.15) is 11.5 Å². The highest BCUT2D eigenvalue weighted by molar-refractivity contribution is 5.93. The Labute approximate surface area is 161 Å². The monoisotopic (exact) mass is 379 g/mol. The average molecular weight is 379 g/mol. The number of anilines is 2. The number of carbonyl (C=O) groups excluding carboxylic acids is 1. The number of pyridine rings is 1. The molecule has 0 bridgehead atoms. The zero-order valence-electron chi connectivity index (χ0n) is 15.6. The second-order valence-electron chi connectivity index (χ2n) is 7.30. The highest BCUT2D eigenvalue weighted by atomic mass is 16.2. The molecule has 2 amide bonds. The number of likely N-dealkylation sites (N-methyl/N-ethyl adjacent to an activating group) is 1. The fraction of sp³-hybridized carbons (Fsp3) is 0.368. The third-order valence-corrected chi connectivity index (χ3v) is 5.53. The van der Waals surface area contributed by atoms with Gasteiger partial charge in [0.05, 0.1) is 17.9 Å². The van der Waals surface area contributed by atoms with Crippen LogP contribution in [0.1, 0.15) is 12.5 Å². The molecule has 9 nitrogen and oxygen atoms in total. The van der Waals surface area contributed by atoms with E-state index < -0.39 is 0 Å². The smallest absolute Gasteiger partial charge is 0.324 e. The van der Waals surface area contributed by atoms with E-state index in [2.05, 4.69) is 15.0 Å². The van der Waals surface area contributed by atoms with Gasteiger partial charge in [-0.05, 0) is 18.6 Å². The molecule has 2 aliphatic rings. The van der Waals surface area contributed by atoms with Crippen molar-refractivity contribution in [2.75, 3.05) is 43.0 Å². The topological polar surface area (TPSA) is 79.0 Å². The summed E-state index contributed by atoms with van der Waals surface area (Å²) >= 11 is 0. The van der Waals surface area contributed by atoms with Crippen LogP contribution in [-0.4, -0.2) is 63.3 Å². The first-order chi connectivity index (χ1) is 13.6. The quantitative estimate of drug-likeness (QED) is 0.684. The van der Waals surface area contributed by atoms with E-state index in [1.54, 1.807) is 39.7 Å². The van der Waals surface area contributed by atoms with Crippen LogP contribution in [0.4, 0.5) is 16.3 Å². The van der Waals surface area contributed by atoms with Crippen molar-refractivity contribution in [3.63, 3.8) is 0 Å². The molecule has 144 valence electrons. The van der Waals surface area contributed by atoms with Gasteiger partial charge in [-0.3, -0.25) is 18.8 Å². The normalized spacial score (nSPS) is 20.0. The van der Waals surface area contributed by atoms with Crippen LogP contribution >= 0.6 is 0 Å². The Kier molecular flexibility index (Phi) is 3.81. The Bertz CT molecular complexity index is 1100. The molecule has 0 N–H and O–H groups in total. The number of nitrogens with zero attached hydrogens (tertiary/aromatic N) is 7. The number of carbonyl (C=O) groups is 1. The van der Waals surface area contributed by atoms with Crippen LogP contribution < -0.4 is 15.4 Å². The number of hydrogen-bond acceptors (Lipinski definition) is 5. The van der Waals surface area contributed by atoms with Crippen LogP contribution in [0.25, 0.3) is 5.65 Å². The van der Waals surface area contributed by atoms with Crippen molar-refractivity contribution in [1.82, 2.24) is 24.1 Å². The van der Waals surface area contributed by atoms with E-state index in [1.165, 1.54) is 0 Å². The van der Waals surface area contributed by atoms with Gasteiger partial charge < -0.3 is 9.80 Å². The highest BCUT2D eigenvalue weighted by Gasteiger charge is 2.30. The number of urea groups is 1. The zero-order chi connectivity index (χ0) is 19.3. The van der Waals surface area contributed by atoms with Crippen molar-refractivity contribution in [2.45, 2.75) is 12.5 Å². The molecule has 2 fully saturated rings. The second kappa shape index (κ2) is 6.36. The minimum atomic E-state index is -0.0814. The molecule has 0 spiro atoms. The van der Waals surface area contributed by atoms with Crippen LogP contribution in [0.2, 0.25) is 0 Å². The fourth-order valence-corrected chi connectivity index (χ4v) is 3.92. The molecule has 1 atom stereocenters. The van der Waals surface area contributed by atoms with Crippen molar-refractivity contribution in [2.24, 2.45) is 0 Å². The lowest BCUT2D eigenvalue weighted by Crippen LogP contribution is -2.28. The third-order valence-electron chi connectivity index (χ3n) is 5.53. The summed E-state index contributed by atoms with van der Waals surface area (Å²) in [6, 6.07) is 7.31. The minimum Gasteiger partial charge on any atom is -0.354 e. The molecule has 0 aliphatic carbocycles. The minimum absolute atomic E-state index is 0.00781. The van der Waals surface area contributed by atoms with E-state index in [0.29, 0.717) is 18.0 Å². The Morgan fingerprint density at radius 2 is 2.04 bits per heavy atom. The Morgan fingerprint density at radius 3 is 2.86 bits per heavy atom. The predicted molar refractivity (Wildman–Crippen MR) is 105 cm³/mol. The van der Waals surface area contributed by atoms with E-state index >= 15 is 0 Å². The molecule has 0 saturated carbocycles. The van der Waals surface area contributed by atoms with E-state index in [0.717, 1.165) is 31.7 Å². The van der Waals surface area contributed by atoms with Crippen LogP contribution in [0, 0.1) is 0 Å². The summed E-state index contributed by atoms with van der Waals surface area (Å²) in [5.41, 5.74) is 1.39. The summed E-state index contributed by atoms with van der Waals surface area (Å²) in [5, 5.41) is 4.49. The van der Waals surface area contributed by atoms with Crippen molar-refractivity contribution < 1.29 is 4.79 Å². The van der Waals surface area contributed by atoms with Crippen molar-refractivity contribution in [1.29, 1.82) is 0 Å². The molecule has 28 heavy (non-hydrogen) atoms.